The van der Waals surface area contributed by atoms with Gasteiger partial charge in [0.2, 0.25) is 0 Å². The summed E-state index contributed by atoms with van der Waals surface area (Å²) < 4.78 is 33.5. The largest absolute Gasteiger partial charge is 0.422 e. The van der Waals surface area contributed by atoms with E-state index in [1.807, 2.05) is 37.3 Å². The highest BCUT2D eigenvalue weighted by Gasteiger charge is 2.17. The summed E-state index contributed by atoms with van der Waals surface area (Å²) in [6, 6.07) is 29.9. The number of nitrogens with zero attached hydrogens (tertiary/aromatic N) is 1. The zero-order chi connectivity index (χ0) is 29.7. The van der Waals surface area contributed by atoms with Crippen LogP contribution in [0.3, 0.4) is 0 Å². The minimum Gasteiger partial charge on any atom is -0.422 e. The number of amides is 1. The van der Waals surface area contributed by atoms with Gasteiger partial charge in [-0.2, -0.15) is 5.10 Å². The van der Waals surface area contributed by atoms with E-state index in [2.05, 4.69) is 15.2 Å². The van der Waals surface area contributed by atoms with Gasteiger partial charge in [0.25, 0.3) is 15.9 Å². The van der Waals surface area contributed by atoms with Crippen molar-refractivity contribution in [1.82, 2.24) is 5.43 Å². The minimum absolute atomic E-state index is 0.134. The van der Waals surface area contributed by atoms with Crippen LogP contribution in [0.15, 0.2) is 119 Å². The van der Waals surface area contributed by atoms with Crippen LogP contribution in [-0.2, 0) is 10.0 Å². The molecule has 5 aromatic rings. The number of nitrogens with one attached hydrogen (secondary N) is 2. The molecule has 5 aromatic carbocycles. The first-order valence-electron chi connectivity index (χ1n) is 12.7. The highest BCUT2D eigenvalue weighted by atomic mass is 35.5. The standard InChI is InChI=1S/C32H24ClN3O5S/c1-21-10-17-25(18-11-21)42(39,40)36-24-15-12-23(13-16-24)31(37)35-34-20-28-26-7-3-2-6-22(26)14-19-30(28)41-32(38)27-8-4-5-9-29(27)33/h2-20,36H,1H3,(H,35,37)/b34-20-. The molecule has 1 amide bonds. The zero-order valence-corrected chi connectivity index (χ0v) is 23.8. The normalized spacial score (nSPS) is 11.4. The second kappa shape index (κ2) is 12.3. The Morgan fingerprint density at radius 1 is 0.833 bits per heavy atom. The van der Waals surface area contributed by atoms with Crippen LogP contribution in [0.25, 0.3) is 10.8 Å². The summed E-state index contributed by atoms with van der Waals surface area (Å²) >= 11 is 6.16. The van der Waals surface area contributed by atoms with Crippen molar-refractivity contribution in [3.05, 3.63) is 136 Å². The Kier molecular flexibility index (Phi) is 8.33. The number of rotatable bonds is 8. The van der Waals surface area contributed by atoms with E-state index in [0.29, 0.717) is 11.3 Å². The predicted octanol–water partition coefficient (Wildman–Crippen LogP) is 6.59. The summed E-state index contributed by atoms with van der Waals surface area (Å²) in [5, 5.41) is 6.00. The van der Waals surface area contributed by atoms with E-state index in [9.17, 15) is 18.0 Å². The van der Waals surface area contributed by atoms with Crippen molar-refractivity contribution < 1.29 is 22.7 Å². The van der Waals surface area contributed by atoms with E-state index < -0.39 is 21.9 Å². The number of anilines is 1. The van der Waals surface area contributed by atoms with Crippen molar-refractivity contribution in [3.63, 3.8) is 0 Å². The maximum Gasteiger partial charge on any atom is 0.345 e. The summed E-state index contributed by atoms with van der Waals surface area (Å²) in [5.74, 6) is -0.913. The maximum absolute atomic E-state index is 12.8. The molecule has 0 aliphatic rings. The van der Waals surface area contributed by atoms with Crippen LogP contribution in [0.1, 0.15) is 31.8 Å². The number of ether oxygens (including phenoxy) is 1. The summed E-state index contributed by atoms with van der Waals surface area (Å²) in [7, 11) is -3.78. The first kappa shape index (κ1) is 28.5. The lowest BCUT2D eigenvalue weighted by atomic mass is 10.0. The molecule has 2 N–H and O–H groups in total. The van der Waals surface area contributed by atoms with Gasteiger partial charge in [0.15, 0.2) is 0 Å². The number of hydrogen-bond donors (Lipinski definition) is 2. The van der Waals surface area contributed by atoms with Gasteiger partial charge < -0.3 is 4.74 Å². The van der Waals surface area contributed by atoms with Gasteiger partial charge in [-0.3, -0.25) is 9.52 Å². The number of hydrazone groups is 1. The number of hydrogen-bond acceptors (Lipinski definition) is 6. The molecule has 210 valence electrons. The summed E-state index contributed by atoms with van der Waals surface area (Å²) in [4.78, 5) is 25.7. The number of carbonyl (C=O) groups is 2. The van der Waals surface area contributed by atoms with Crippen LogP contribution in [0.2, 0.25) is 5.02 Å². The Bertz CT molecular complexity index is 1920. The molecule has 8 nitrogen and oxygen atoms in total. The van der Waals surface area contributed by atoms with Crippen LogP contribution in [0, 0.1) is 6.92 Å². The average Bonchev–Trinajstić information content (AvgIpc) is 2.98. The minimum atomic E-state index is -3.78. The monoisotopic (exact) mass is 597 g/mol. The Labute approximate surface area is 247 Å². The molecule has 0 saturated carbocycles. The third-order valence-electron chi connectivity index (χ3n) is 6.32. The van der Waals surface area contributed by atoms with Gasteiger partial charge in [0.05, 0.1) is 21.7 Å². The van der Waals surface area contributed by atoms with Crippen molar-refractivity contribution in [2.45, 2.75) is 11.8 Å². The van der Waals surface area contributed by atoms with E-state index in [4.69, 9.17) is 16.3 Å². The lowest BCUT2D eigenvalue weighted by molar-refractivity contribution is 0.0734. The number of esters is 1. The number of carbonyl (C=O) groups excluding carboxylic acids is 2. The van der Waals surface area contributed by atoms with Crippen molar-refractivity contribution in [2.24, 2.45) is 5.10 Å². The Hall–Kier alpha value is -4.99. The van der Waals surface area contributed by atoms with Gasteiger partial charge in [-0.15, -0.1) is 0 Å². The van der Waals surface area contributed by atoms with Gasteiger partial charge in [0.1, 0.15) is 5.75 Å². The molecule has 0 fully saturated rings. The third-order valence-corrected chi connectivity index (χ3v) is 8.04. The molecular formula is C32H24ClN3O5S. The second-order valence-electron chi connectivity index (χ2n) is 9.26. The smallest absolute Gasteiger partial charge is 0.345 e. The van der Waals surface area contributed by atoms with E-state index in [-0.39, 0.29) is 26.8 Å². The number of benzene rings is 5. The fourth-order valence-corrected chi connectivity index (χ4v) is 5.39. The Morgan fingerprint density at radius 2 is 1.52 bits per heavy atom. The molecule has 0 aromatic heterocycles. The highest BCUT2D eigenvalue weighted by molar-refractivity contribution is 7.92. The van der Waals surface area contributed by atoms with Crippen LogP contribution in [0.5, 0.6) is 5.75 Å². The predicted molar refractivity (Wildman–Crippen MR) is 164 cm³/mol. The quantitative estimate of drug-likeness (QED) is 0.0907. The molecule has 0 heterocycles. The van der Waals surface area contributed by atoms with Gasteiger partial charge in [-0.05, 0) is 72.3 Å². The van der Waals surface area contributed by atoms with Crippen molar-refractivity contribution in [1.29, 1.82) is 0 Å². The zero-order valence-electron chi connectivity index (χ0n) is 22.2. The van der Waals surface area contributed by atoms with Crippen LogP contribution >= 0.6 is 11.6 Å². The van der Waals surface area contributed by atoms with Gasteiger partial charge in [0, 0.05) is 16.8 Å². The molecule has 0 atom stereocenters. The highest BCUT2D eigenvalue weighted by Crippen LogP contribution is 2.28. The molecule has 0 unspecified atom stereocenters. The summed E-state index contributed by atoms with van der Waals surface area (Å²) in [6.07, 6.45) is 1.40. The molecule has 5 rings (SSSR count). The summed E-state index contributed by atoms with van der Waals surface area (Å²) in [6.45, 7) is 1.87. The fraction of sp³-hybridized carbons (Fsp3) is 0.0312. The first-order valence-corrected chi connectivity index (χ1v) is 14.6. The molecule has 0 spiro atoms. The van der Waals surface area contributed by atoms with Crippen LogP contribution < -0.4 is 14.9 Å². The van der Waals surface area contributed by atoms with Gasteiger partial charge >= 0.3 is 5.97 Å². The van der Waals surface area contributed by atoms with Gasteiger partial charge in [-0.1, -0.05) is 71.8 Å². The SMILES string of the molecule is Cc1ccc(S(=O)(=O)Nc2ccc(C(=O)N/N=C\c3c(OC(=O)c4ccccc4Cl)ccc4ccccc34)cc2)cc1. The molecule has 10 heteroatoms. The molecule has 42 heavy (non-hydrogen) atoms. The Morgan fingerprint density at radius 3 is 2.26 bits per heavy atom. The molecule has 0 bridgehead atoms. The van der Waals surface area contributed by atoms with Crippen molar-refractivity contribution in [3.8, 4) is 5.75 Å². The first-order chi connectivity index (χ1) is 20.2. The number of halogens is 1. The van der Waals surface area contributed by atoms with E-state index in [0.717, 1.165) is 16.3 Å². The van der Waals surface area contributed by atoms with E-state index >= 15 is 0 Å². The number of aryl methyl sites for hydroxylation is 1. The lowest BCUT2D eigenvalue weighted by Gasteiger charge is -2.11. The van der Waals surface area contributed by atoms with Crippen LogP contribution in [0.4, 0.5) is 5.69 Å². The summed E-state index contributed by atoms with van der Waals surface area (Å²) in [5.41, 5.74) is 4.67. The third kappa shape index (κ3) is 6.49. The number of fused-ring (bicyclic) bond motifs is 1. The molecule has 0 aliphatic carbocycles. The topological polar surface area (TPSA) is 114 Å². The number of sulfonamides is 1. The Balaban J connectivity index is 1.31. The van der Waals surface area contributed by atoms with E-state index in [1.165, 1.54) is 42.6 Å². The van der Waals surface area contributed by atoms with E-state index in [1.54, 1.807) is 42.5 Å². The molecule has 0 aliphatic heterocycles. The van der Waals surface area contributed by atoms with Crippen molar-refractivity contribution >= 4 is 56.2 Å². The maximum atomic E-state index is 12.8. The lowest BCUT2D eigenvalue weighted by Crippen LogP contribution is -2.18. The molecular weight excluding hydrogens is 574 g/mol. The van der Waals surface area contributed by atoms with Crippen molar-refractivity contribution in [2.75, 3.05) is 4.72 Å². The second-order valence-corrected chi connectivity index (χ2v) is 11.4. The van der Waals surface area contributed by atoms with Gasteiger partial charge in [-0.25, -0.2) is 18.6 Å². The average molecular weight is 598 g/mol. The van der Waals surface area contributed by atoms with Crippen LogP contribution in [-0.4, -0.2) is 26.5 Å². The molecule has 0 radical (unpaired) electrons. The molecule has 0 saturated heterocycles. The fourth-order valence-electron chi connectivity index (χ4n) is 4.12.